The first-order chi connectivity index (χ1) is 5.70. The van der Waals surface area contributed by atoms with Crippen LogP contribution in [0.5, 0.6) is 0 Å². The van der Waals surface area contributed by atoms with Crippen LogP contribution in [0.1, 0.15) is 5.56 Å². The van der Waals surface area contributed by atoms with Gasteiger partial charge in [-0.05, 0) is 50.4 Å². The zero-order chi connectivity index (χ0) is 8.72. The third-order valence-electron chi connectivity index (χ3n) is 1.78. The Labute approximate surface area is 86.9 Å². The van der Waals surface area contributed by atoms with Gasteiger partial charge >= 0.3 is 0 Å². The fourth-order valence-corrected chi connectivity index (χ4v) is 2.60. The highest BCUT2D eigenvalue weighted by Crippen LogP contribution is 2.24. The standard InChI is InChI=1S/C8H6Br2N2/c1-5-3-2-4-12-6(5)7(9)11-8(12)10/h2-4H,1H3. The van der Waals surface area contributed by atoms with Crippen LogP contribution in [0.2, 0.25) is 0 Å². The van der Waals surface area contributed by atoms with Crippen LogP contribution in [0, 0.1) is 6.92 Å². The lowest BCUT2D eigenvalue weighted by Gasteiger charge is -1.97. The van der Waals surface area contributed by atoms with E-state index in [1.165, 1.54) is 5.56 Å². The molecule has 4 heteroatoms. The quantitative estimate of drug-likeness (QED) is 0.728. The highest BCUT2D eigenvalue weighted by Gasteiger charge is 2.07. The summed E-state index contributed by atoms with van der Waals surface area (Å²) in [5, 5.41) is 0. The molecular formula is C8H6Br2N2. The molecule has 0 radical (unpaired) electrons. The van der Waals surface area contributed by atoms with Crippen molar-refractivity contribution in [1.29, 1.82) is 0 Å². The Balaban J connectivity index is 2.99. The van der Waals surface area contributed by atoms with Crippen LogP contribution < -0.4 is 0 Å². The second-order valence-corrected chi connectivity index (χ2v) is 4.04. The zero-order valence-electron chi connectivity index (χ0n) is 6.38. The Morgan fingerprint density at radius 3 is 2.83 bits per heavy atom. The SMILES string of the molecule is Cc1cccn2c(Br)nc(Br)c12. The van der Waals surface area contributed by atoms with Crippen LogP contribution in [-0.4, -0.2) is 9.38 Å². The van der Waals surface area contributed by atoms with E-state index in [1.54, 1.807) is 0 Å². The molecule has 0 unspecified atom stereocenters. The largest absolute Gasteiger partial charge is 0.293 e. The average Bonchev–Trinajstić information content (AvgIpc) is 2.29. The summed E-state index contributed by atoms with van der Waals surface area (Å²) < 4.78 is 3.71. The number of fused-ring (bicyclic) bond motifs is 1. The van der Waals surface area contributed by atoms with E-state index >= 15 is 0 Å². The van der Waals surface area contributed by atoms with Gasteiger partial charge < -0.3 is 0 Å². The van der Waals surface area contributed by atoms with Crippen molar-refractivity contribution in [1.82, 2.24) is 9.38 Å². The predicted octanol–water partition coefficient (Wildman–Crippen LogP) is 3.17. The maximum atomic E-state index is 4.25. The summed E-state index contributed by atoms with van der Waals surface area (Å²) in [5.41, 5.74) is 2.33. The molecule has 0 spiro atoms. The lowest BCUT2D eigenvalue weighted by Crippen LogP contribution is -1.85. The predicted molar refractivity (Wildman–Crippen MR) is 55.3 cm³/mol. The van der Waals surface area contributed by atoms with Crippen LogP contribution in [0.3, 0.4) is 0 Å². The van der Waals surface area contributed by atoms with Gasteiger partial charge in [0.25, 0.3) is 0 Å². The molecule has 0 aromatic carbocycles. The molecule has 2 rings (SSSR count). The molecule has 0 saturated carbocycles. The van der Waals surface area contributed by atoms with Crippen LogP contribution in [0.4, 0.5) is 0 Å². The number of aryl methyl sites for hydroxylation is 1. The van der Waals surface area contributed by atoms with Crippen LogP contribution in [0.25, 0.3) is 5.52 Å². The van der Waals surface area contributed by atoms with E-state index in [2.05, 4.69) is 49.8 Å². The first-order valence-electron chi connectivity index (χ1n) is 3.49. The van der Waals surface area contributed by atoms with E-state index in [9.17, 15) is 0 Å². The lowest BCUT2D eigenvalue weighted by molar-refractivity contribution is 1.09. The zero-order valence-corrected chi connectivity index (χ0v) is 9.55. The minimum atomic E-state index is 0.827. The number of rotatable bonds is 0. The molecule has 12 heavy (non-hydrogen) atoms. The highest BCUT2D eigenvalue weighted by atomic mass is 79.9. The smallest absolute Gasteiger partial charge is 0.182 e. The minimum absolute atomic E-state index is 0.827. The van der Waals surface area contributed by atoms with Crippen LogP contribution in [-0.2, 0) is 0 Å². The molecule has 0 saturated heterocycles. The van der Waals surface area contributed by atoms with Gasteiger partial charge in [0.2, 0.25) is 0 Å². The van der Waals surface area contributed by atoms with Gasteiger partial charge in [0.05, 0.1) is 5.52 Å². The number of hydrogen-bond donors (Lipinski definition) is 0. The van der Waals surface area contributed by atoms with Crippen LogP contribution >= 0.6 is 31.9 Å². The third kappa shape index (κ3) is 1.10. The Morgan fingerprint density at radius 1 is 1.42 bits per heavy atom. The van der Waals surface area contributed by atoms with Gasteiger partial charge in [0, 0.05) is 6.20 Å². The molecule has 0 N–H and O–H groups in total. The topological polar surface area (TPSA) is 17.3 Å². The van der Waals surface area contributed by atoms with Crippen molar-refractivity contribution in [3.8, 4) is 0 Å². The first-order valence-corrected chi connectivity index (χ1v) is 5.07. The highest BCUT2D eigenvalue weighted by molar-refractivity contribution is 9.11. The summed E-state index contributed by atoms with van der Waals surface area (Å²) in [4.78, 5) is 4.25. The van der Waals surface area contributed by atoms with Gasteiger partial charge in [-0.15, -0.1) is 0 Å². The Morgan fingerprint density at radius 2 is 2.17 bits per heavy atom. The van der Waals surface area contributed by atoms with E-state index in [0.717, 1.165) is 14.9 Å². The van der Waals surface area contributed by atoms with Gasteiger partial charge in [-0.2, -0.15) is 0 Å². The second-order valence-electron chi connectivity index (χ2n) is 2.58. The molecule has 2 aromatic rings. The van der Waals surface area contributed by atoms with Gasteiger partial charge in [-0.3, -0.25) is 4.40 Å². The summed E-state index contributed by atoms with van der Waals surface area (Å²) in [7, 11) is 0. The lowest BCUT2D eigenvalue weighted by atomic mass is 10.3. The Bertz CT molecular complexity index is 434. The van der Waals surface area contributed by atoms with E-state index < -0.39 is 0 Å². The number of imidazole rings is 1. The Kier molecular flexibility index (Phi) is 1.96. The van der Waals surface area contributed by atoms with Crippen LogP contribution in [0.15, 0.2) is 27.7 Å². The Hall–Kier alpha value is -0.350. The summed E-state index contributed by atoms with van der Waals surface area (Å²) in [6, 6.07) is 4.06. The molecule has 2 aromatic heterocycles. The molecule has 0 amide bonds. The van der Waals surface area contributed by atoms with E-state index in [0.29, 0.717) is 0 Å². The molecule has 62 valence electrons. The number of aromatic nitrogens is 2. The number of halogens is 2. The number of nitrogens with zero attached hydrogens (tertiary/aromatic N) is 2. The molecule has 0 atom stereocenters. The maximum absolute atomic E-state index is 4.25. The molecule has 0 aliphatic heterocycles. The van der Waals surface area contributed by atoms with Gasteiger partial charge in [-0.25, -0.2) is 4.98 Å². The normalized spacial score (nSPS) is 10.9. The van der Waals surface area contributed by atoms with Crippen molar-refractivity contribution < 1.29 is 0 Å². The summed E-state index contributed by atoms with van der Waals surface area (Å²) in [6.07, 6.45) is 1.98. The average molecular weight is 290 g/mol. The first kappa shape index (κ1) is 8.26. The number of pyridine rings is 1. The summed E-state index contributed by atoms with van der Waals surface area (Å²) >= 11 is 6.78. The van der Waals surface area contributed by atoms with Gasteiger partial charge in [-0.1, -0.05) is 6.07 Å². The van der Waals surface area contributed by atoms with Crippen molar-refractivity contribution in [3.63, 3.8) is 0 Å². The maximum Gasteiger partial charge on any atom is 0.182 e. The minimum Gasteiger partial charge on any atom is -0.293 e. The van der Waals surface area contributed by atoms with E-state index in [-0.39, 0.29) is 0 Å². The van der Waals surface area contributed by atoms with E-state index in [4.69, 9.17) is 0 Å². The molecule has 2 heterocycles. The molecule has 2 nitrogen and oxygen atoms in total. The molecule has 0 aliphatic carbocycles. The van der Waals surface area contributed by atoms with E-state index in [1.807, 2.05) is 16.7 Å². The number of hydrogen-bond acceptors (Lipinski definition) is 1. The molecule has 0 aliphatic rings. The second kappa shape index (κ2) is 2.85. The van der Waals surface area contributed by atoms with Crippen molar-refractivity contribution in [2.75, 3.05) is 0 Å². The molecule has 0 bridgehead atoms. The fourth-order valence-electron chi connectivity index (χ4n) is 1.22. The van der Waals surface area contributed by atoms with Crippen molar-refractivity contribution in [3.05, 3.63) is 33.2 Å². The van der Waals surface area contributed by atoms with Crippen molar-refractivity contribution in [2.24, 2.45) is 0 Å². The summed E-state index contributed by atoms with van der Waals surface area (Å²) in [5.74, 6) is 0. The molecular weight excluding hydrogens is 284 g/mol. The fraction of sp³-hybridized carbons (Fsp3) is 0.125. The third-order valence-corrected chi connectivity index (χ3v) is 2.89. The van der Waals surface area contributed by atoms with Gasteiger partial charge in [0.1, 0.15) is 4.60 Å². The summed E-state index contributed by atoms with van der Waals surface area (Å²) in [6.45, 7) is 2.06. The monoisotopic (exact) mass is 288 g/mol. The van der Waals surface area contributed by atoms with Crippen molar-refractivity contribution in [2.45, 2.75) is 6.92 Å². The van der Waals surface area contributed by atoms with Crippen molar-refractivity contribution >= 4 is 37.4 Å². The van der Waals surface area contributed by atoms with Gasteiger partial charge in [0.15, 0.2) is 4.73 Å². The molecule has 0 fully saturated rings.